The number of carbonyl (C=O) groups is 1. The maximum Gasteiger partial charge on any atom is 0.373 e. The number of fused-ring (bicyclic) bond motifs is 1. The molecule has 1 saturated heterocycles. The summed E-state index contributed by atoms with van der Waals surface area (Å²) in [4.78, 5) is 31.8. The molecule has 0 bridgehead atoms. The van der Waals surface area contributed by atoms with Crippen molar-refractivity contribution in [2.24, 2.45) is 18.9 Å². The van der Waals surface area contributed by atoms with Crippen molar-refractivity contribution in [3.8, 4) is 11.3 Å². The topological polar surface area (TPSA) is 115 Å². The molecular weight excluding hydrogens is 554 g/mol. The lowest BCUT2D eigenvalue weighted by molar-refractivity contribution is -0.191. The molecule has 2 aromatic carbocycles. The number of benzene rings is 2. The lowest BCUT2D eigenvalue weighted by Gasteiger charge is -2.41. The summed E-state index contributed by atoms with van der Waals surface area (Å²) in [6, 6.07) is 15.9. The fourth-order valence-corrected chi connectivity index (χ4v) is 7.42. The monoisotopic (exact) mass is 595 g/mol. The molecule has 1 atom stereocenters. The molecule has 0 radical (unpaired) electrons. The van der Waals surface area contributed by atoms with E-state index in [0.717, 1.165) is 28.6 Å². The Hall–Kier alpha value is -3.30. The number of aromatic nitrogens is 1. The number of aryl methyl sites for hydroxylation is 2. The predicted molar refractivity (Wildman–Crippen MR) is 160 cm³/mol. The summed E-state index contributed by atoms with van der Waals surface area (Å²) >= 11 is 0. The summed E-state index contributed by atoms with van der Waals surface area (Å²) in [5.74, 6) is 0.499. The average Bonchev–Trinajstić information content (AvgIpc) is 3.33. The van der Waals surface area contributed by atoms with Gasteiger partial charge in [-0.1, -0.05) is 51.1 Å². The molecule has 1 aliphatic heterocycles. The number of nitrogens with zero attached hydrogens (tertiary/aromatic N) is 2. The normalized spacial score (nSPS) is 21.1. The molecule has 0 spiro atoms. The molecule has 1 N–H and O–H groups in total. The Morgan fingerprint density at radius 2 is 1.71 bits per heavy atom. The van der Waals surface area contributed by atoms with Gasteiger partial charge >= 0.3 is 6.15 Å². The number of morpholine rings is 1. The number of sulfonamides is 1. The Balaban J connectivity index is 0.00000129. The molecule has 9 nitrogen and oxygen atoms in total. The fraction of sp³-hybridized carbons (Fsp3) is 0.500. The van der Waals surface area contributed by atoms with Crippen LogP contribution in [0.2, 0.25) is 0 Å². The van der Waals surface area contributed by atoms with E-state index in [4.69, 9.17) is 14.3 Å². The van der Waals surface area contributed by atoms with Crippen LogP contribution in [0.4, 0.5) is 0 Å². The van der Waals surface area contributed by atoms with Gasteiger partial charge in [-0.25, -0.2) is 13.1 Å². The van der Waals surface area contributed by atoms with Gasteiger partial charge in [-0.3, -0.25) is 4.79 Å². The van der Waals surface area contributed by atoms with Crippen molar-refractivity contribution in [3.63, 3.8) is 0 Å². The lowest BCUT2D eigenvalue weighted by Crippen LogP contribution is -2.53. The molecule has 1 aliphatic carbocycles. The van der Waals surface area contributed by atoms with Gasteiger partial charge in [0.25, 0.3) is 0 Å². The van der Waals surface area contributed by atoms with Crippen LogP contribution in [0.3, 0.4) is 0 Å². The van der Waals surface area contributed by atoms with E-state index in [1.807, 2.05) is 18.0 Å². The quantitative estimate of drug-likeness (QED) is 0.429. The molecule has 2 aliphatic rings. The molecular formula is C32H41N3O6S. The van der Waals surface area contributed by atoms with Crippen LogP contribution in [0.5, 0.6) is 0 Å². The molecule has 42 heavy (non-hydrogen) atoms. The number of amides is 1. The first-order valence-corrected chi connectivity index (χ1v) is 16.2. The second kappa shape index (κ2) is 13.8. The van der Waals surface area contributed by atoms with Crippen molar-refractivity contribution in [1.29, 1.82) is 0 Å². The first kappa shape index (κ1) is 31.6. The van der Waals surface area contributed by atoms with E-state index in [1.54, 1.807) is 12.1 Å². The minimum absolute atomic E-state index is 0.0466. The summed E-state index contributed by atoms with van der Waals surface area (Å²) < 4.78 is 37.4. The van der Waals surface area contributed by atoms with Crippen LogP contribution < -0.4 is 4.72 Å². The third kappa shape index (κ3) is 7.01. The number of hydrogen-bond acceptors (Lipinski definition) is 6. The molecule has 1 aromatic heterocycles. The molecule has 1 saturated carbocycles. The zero-order valence-electron chi connectivity index (χ0n) is 24.8. The van der Waals surface area contributed by atoms with E-state index in [9.17, 15) is 13.2 Å². The van der Waals surface area contributed by atoms with E-state index in [2.05, 4.69) is 60.4 Å². The van der Waals surface area contributed by atoms with E-state index in [1.165, 1.54) is 5.56 Å². The van der Waals surface area contributed by atoms with Gasteiger partial charge < -0.3 is 14.2 Å². The molecule has 1 amide bonds. The SMILES string of the molecule is CCc1ccc(-c2cc3ccc(S(=O)(=O)NC4CCC(C(=O)N5CCOC[C@@H]5C(C)C)CC4)cc3n2C)cc1.O=C=O. The van der Waals surface area contributed by atoms with Crippen LogP contribution >= 0.6 is 0 Å². The summed E-state index contributed by atoms with van der Waals surface area (Å²) in [7, 11) is -1.71. The van der Waals surface area contributed by atoms with Gasteiger partial charge in [-0.15, -0.1) is 0 Å². The smallest absolute Gasteiger partial charge is 0.373 e. The van der Waals surface area contributed by atoms with Crippen molar-refractivity contribution in [3.05, 3.63) is 54.1 Å². The molecule has 10 heteroatoms. The highest BCUT2D eigenvalue weighted by molar-refractivity contribution is 7.89. The number of rotatable bonds is 7. The molecule has 5 rings (SSSR count). The molecule has 2 fully saturated rings. The number of ether oxygens (including phenoxy) is 1. The Morgan fingerprint density at radius 1 is 1.05 bits per heavy atom. The number of carbonyl (C=O) groups excluding carboxylic acids is 3. The highest BCUT2D eigenvalue weighted by Crippen LogP contribution is 2.31. The van der Waals surface area contributed by atoms with Crippen molar-refractivity contribution in [1.82, 2.24) is 14.2 Å². The van der Waals surface area contributed by atoms with Crippen LogP contribution in [0.1, 0.15) is 52.0 Å². The standard InChI is InChI=1S/C31H41N3O4S.CO2/c1-5-22-6-8-23(9-7-22)28-18-25-12-15-27(19-29(25)33(28)4)39(36,37)32-26-13-10-24(11-14-26)31(35)34-16-17-38-20-30(34)21(2)3;2-1-3/h6-9,12,15,18-19,21,24,26,30,32H,5,10-11,13-14,16-17,20H2,1-4H3;/t24?,26?,30-;/m1./s1. The molecule has 2 heterocycles. The van der Waals surface area contributed by atoms with Gasteiger partial charge in [0.15, 0.2) is 0 Å². The van der Waals surface area contributed by atoms with Gasteiger partial charge in [0.2, 0.25) is 15.9 Å². The maximum absolute atomic E-state index is 13.4. The summed E-state index contributed by atoms with van der Waals surface area (Å²) in [5, 5.41) is 1.01. The van der Waals surface area contributed by atoms with E-state index < -0.39 is 10.0 Å². The Kier molecular flexibility index (Phi) is 10.4. The van der Waals surface area contributed by atoms with Crippen LogP contribution in [0, 0.1) is 11.8 Å². The molecule has 226 valence electrons. The van der Waals surface area contributed by atoms with Crippen LogP contribution in [-0.2, 0) is 42.6 Å². The van der Waals surface area contributed by atoms with Crippen molar-refractivity contribution < 1.29 is 27.5 Å². The average molecular weight is 596 g/mol. The van der Waals surface area contributed by atoms with Crippen molar-refractivity contribution in [2.75, 3.05) is 19.8 Å². The van der Waals surface area contributed by atoms with Crippen molar-refractivity contribution in [2.45, 2.75) is 69.9 Å². The van der Waals surface area contributed by atoms with E-state index in [-0.39, 0.29) is 35.0 Å². The Bertz CT molecular complexity index is 1520. The first-order chi connectivity index (χ1) is 20.1. The van der Waals surface area contributed by atoms with Crippen molar-refractivity contribution >= 4 is 33.0 Å². The maximum atomic E-state index is 13.4. The summed E-state index contributed by atoms with van der Waals surface area (Å²) in [5.41, 5.74) is 4.33. The Morgan fingerprint density at radius 3 is 2.33 bits per heavy atom. The summed E-state index contributed by atoms with van der Waals surface area (Å²) in [6.07, 6.45) is 3.97. The highest BCUT2D eigenvalue weighted by Gasteiger charge is 2.36. The number of hydrogen-bond donors (Lipinski definition) is 1. The zero-order chi connectivity index (χ0) is 30.4. The fourth-order valence-electron chi connectivity index (χ4n) is 6.09. The molecule has 0 unspecified atom stereocenters. The second-order valence-corrected chi connectivity index (χ2v) is 13.2. The largest absolute Gasteiger partial charge is 0.377 e. The van der Waals surface area contributed by atoms with Gasteiger partial charge in [-0.05, 0) is 67.3 Å². The highest BCUT2D eigenvalue weighted by atomic mass is 32.2. The predicted octanol–water partition coefficient (Wildman–Crippen LogP) is 4.54. The van der Waals surface area contributed by atoms with Gasteiger partial charge in [0.1, 0.15) is 0 Å². The van der Waals surface area contributed by atoms with Crippen LogP contribution in [0.15, 0.2) is 53.4 Å². The van der Waals surface area contributed by atoms with E-state index >= 15 is 0 Å². The first-order valence-electron chi connectivity index (χ1n) is 14.7. The zero-order valence-corrected chi connectivity index (χ0v) is 25.7. The third-order valence-electron chi connectivity index (χ3n) is 8.60. The van der Waals surface area contributed by atoms with Gasteiger partial charge in [-0.2, -0.15) is 9.59 Å². The van der Waals surface area contributed by atoms with E-state index in [0.29, 0.717) is 51.4 Å². The number of nitrogens with one attached hydrogen (secondary N) is 1. The van der Waals surface area contributed by atoms with Crippen LogP contribution in [0.25, 0.3) is 22.2 Å². The second-order valence-electron chi connectivity index (χ2n) is 11.5. The molecule has 3 aromatic rings. The minimum Gasteiger partial charge on any atom is -0.377 e. The lowest BCUT2D eigenvalue weighted by atomic mass is 9.85. The summed E-state index contributed by atoms with van der Waals surface area (Å²) in [6.45, 7) is 8.21. The van der Waals surface area contributed by atoms with Gasteiger partial charge in [0, 0.05) is 42.1 Å². The Labute approximate surface area is 248 Å². The van der Waals surface area contributed by atoms with Crippen LogP contribution in [-0.4, -0.2) is 61.8 Å². The minimum atomic E-state index is -3.69. The third-order valence-corrected chi connectivity index (χ3v) is 10.1. The van der Waals surface area contributed by atoms with Gasteiger partial charge in [0.05, 0.1) is 24.2 Å².